The smallest absolute Gasteiger partial charge is 0.404 e. The van der Waals surface area contributed by atoms with Crippen LogP contribution in [0.1, 0.15) is 62.5 Å². The minimum atomic E-state index is -0.838. The molecular formula is C20H28N4O3. The van der Waals surface area contributed by atoms with Gasteiger partial charge < -0.3 is 15.0 Å². The van der Waals surface area contributed by atoms with Gasteiger partial charge in [-0.15, -0.1) is 0 Å². The van der Waals surface area contributed by atoms with Crippen LogP contribution >= 0.6 is 0 Å². The Balaban J connectivity index is 2.55. The minimum Gasteiger partial charge on any atom is -0.444 e. The first kappa shape index (κ1) is 20.6. The normalized spacial score (nSPS) is 12.9. The summed E-state index contributed by atoms with van der Waals surface area (Å²) in [4.78, 5) is 32.4. The van der Waals surface area contributed by atoms with Crippen molar-refractivity contribution in [3.05, 3.63) is 35.5 Å². The van der Waals surface area contributed by atoms with Crippen LogP contribution in [0, 0.1) is 12.3 Å². The number of carbonyl (C=O) groups is 2. The van der Waals surface area contributed by atoms with Crippen molar-refractivity contribution in [1.82, 2.24) is 14.5 Å². The summed E-state index contributed by atoms with van der Waals surface area (Å²) in [7, 11) is 0. The number of pyridine rings is 1. The molecule has 0 aromatic carbocycles. The molecule has 27 heavy (non-hydrogen) atoms. The van der Waals surface area contributed by atoms with Gasteiger partial charge in [-0.1, -0.05) is 34.6 Å². The van der Waals surface area contributed by atoms with Crippen LogP contribution in [0.4, 0.5) is 4.79 Å². The summed E-state index contributed by atoms with van der Waals surface area (Å²) in [5, 5.41) is 0. The van der Waals surface area contributed by atoms with Crippen molar-refractivity contribution in [2.75, 3.05) is 0 Å². The Morgan fingerprint density at radius 1 is 1.37 bits per heavy atom. The number of amides is 1. The molecule has 146 valence electrons. The quantitative estimate of drug-likeness (QED) is 0.779. The van der Waals surface area contributed by atoms with Gasteiger partial charge in [0.1, 0.15) is 23.3 Å². The average molecular weight is 372 g/mol. The molecule has 2 N–H and O–H groups in total. The van der Waals surface area contributed by atoms with Gasteiger partial charge in [0, 0.05) is 17.2 Å². The Hall–Kier alpha value is -2.70. The number of nitrogens with two attached hydrogens (primary N) is 1. The summed E-state index contributed by atoms with van der Waals surface area (Å²) in [6, 6.07) is 3.75. The maximum absolute atomic E-state index is 12.0. The second-order valence-electron chi connectivity index (χ2n) is 8.00. The van der Waals surface area contributed by atoms with E-state index in [-0.39, 0.29) is 17.9 Å². The third-order valence-corrected chi connectivity index (χ3v) is 4.52. The van der Waals surface area contributed by atoms with E-state index in [1.807, 2.05) is 53.7 Å². The second-order valence-corrected chi connectivity index (χ2v) is 8.00. The number of aromatic nitrogens is 3. The number of primary amides is 1. The molecule has 0 saturated carbocycles. The molecule has 0 saturated heterocycles. The molecule has 2 aromatic heterocycles. The molecule has 0 aliphatic carbocycles. The lowest BCUT2D eigenvalue weighted by molar-refractivity contribution is 0.0250. The highest BCUT2D eigenvalue weighted by molar-refractivity contribution is 5.85. The number of hydrogen-bond donors (Lipinski definition) is 1. The summed E-state index contributed by atoms with van der Waals surface area (Å²) in [5.74, 6) is 0.847. The lowest BCUT2D eigenvalue weighted by atomic mass is 9.88. The number of nitrogens with zero attached hydrogens (tertiary/aromatic N) is 3. The third kappa shape index (κ3) is 4.53. The van der Waals surface area contributed by atoms with Crippen molar-refractivity contribution in [2.45, 2.75) is 60.1 Å². The van der Waals surface area contributed by atoms with Gasteiger partial charge in [0.2, 0.25) is 0 Å². The molecule has 0 aliphatic rings. The fourth-order valence-corrected chi connectivity index (χ4v) is 3.00. The fourth-order valence-electron chi connectivity index (χ4n) is 3.00. The van der Waals surface area contributed by atoms with Gasteiger partial charge in [-0.2, -0.15) is 0 Å². The molecule has 2 heterocycles. The number of carbonyl (C=O) groups excluding carboxylic acids is 2. The summed E-state index contributed by atoms with van der Waals surface area (Å²) in [6.45, 7) is 12.1. The Morgan fingerprint density at radius 3 is 2.56 bits per heavy atom. The van der Waals surface area contributed by atoms with Crippen molar-refractivity contribution >= 4 is 12.4 Å². The van der Waals surface area contributed by atoms with Gasteiger partial charge in [-0.05, 0) is 25.0 Å². The summed E-state index contributed by atoms with van der Waals surface area (Å²) < 4.78 is 7.09. The summed E-state index contributed by atoms with van der Waals surface area (Å²) in [5.41, 5.74) is 7.62. The van der Waals surface area contributed by atoms with Gasteiger partial charge in [-0.25, -0.2) is 9.78 Å². The zero-order chi connectivity index (χ0) is 20.4. The van der Waals surface area contributed by atoms with Crippen molar-refractivity contribution < 1.29 is 14.3 Å². The van der Waals surface area contributed by atoms with Gasteiger partial charge in [0.15, 0.2) is 6.29 Å². The van der Waals surface area contributed by atoms with Crippen molar-refractivity contribution in [1.29, 1.82) is 0 Å². The summed E-state index contributed by atoms with van der Waals surface area (Å²) in [6.07, 6.45) is 1.18. The van der Waals surface area contributed by atoms with Gasteiger partial charge in [0.05, 0.1) is 12.2 Å². The highest BCUT2D eigenvalue weighted by Crippen LogP contribution is 2.31. The first-order valence-corrected chi connectivity index (χ1v) is 9.00. The first-order chi connectivity index (χ1) is 12.6. The van der Waals surface area contributed by atoms with Gasteiger partial charge >= 0.3 is 6.09 Å². The van der Waals surface area contributed by atoms with Crippen LogP contribution in [0.2, 0.25) is 0 Å². The van der Waals surface area contributed by atoms with Crippen LogP contribution in [-0.2, 0) is 11.3 Å². The molecule has 7 nitrogen and oxygen atoms in total. The van der Waals surface area contributed by atoms with E-state index in [4.69, 9.17) is 10.5 Å². The van der Waals surface area contributed by atoms with E-state index in [1.165, 1.54) is 0 Å². The van der Waals surface area contributed by atoms with Gasteiger partial charge in [-0.3, -0.25) is 9.78 Å². The predicted molar refractivity (Wildman–Crippen MR) is 104 cm³/mol. The van der Waals surface area contributed by atoms with Crippen LogP contribution in [0.15, 0.2) is 18.3 Å². The first-order valence-electron chi connectivity index (χ1n) is 9.00. The van der Waals surface area contributed by atoms with Gasteiger partial charge in [0.25, 0.3) is 0 Å². The van der Waals surface area contributed by atoms with E-state index in [1.54, 1.807) is 10.8 Å². The zero-order valence-corrected chi connectivity index (χ0v) is 16.8. The Bertz CT molecular complexity index is 834. The fraction of sp³-hybridized carbons (Fsp3) is 0.500. The highest BCUT2D eigenvalue weighted by Gasteiger charge is 2.30. The molecule has 1 amide bonds. The Kier molecular flexibility index (Phi) is 6.03. The average Bonchev–Trinajstić information content (AvgIpc) is 2.88. The molecule has 1 unspecified atom stereocenters. The number of aryl methyl sites for hydroxylation is 1. The zero-order valence-electron chi connectivity index (χ0n) is 16.8. The molecule has 0 bridgehead atoms. The molecule has 0 fully saturated rings. The largest absolute Gasteiger partial charge is 0.444 e. The highest BCUT2D eigenvalue weighted by atomic mass is 16.6. The van der Waals surface area contributed by atoms with E-state index < -0.39 is 12.2 Å². The molecule has 1 atom stereocenters. The van der Waals surface area contributed by atoms with E-state index in [9.17, 15) is 9.59 Å². The maximum Gasteiger partial charge on any atom is 0.404 e. The summed E-state index contributed by atoms with van der Waals surface area (Å²) >= 11 is 0. The standard InChI is InChI=1S/C20H28N4O3/c1-12(2)17-14(8-7-9-22-17)18-15(11-25)24(13(3)23-18)10-16(20(4,5)6)27-19(21)26/h7-9,11-12,16H,10H2,1-6H3,(H2,21,26). The van der Waals surface area contributed by atoms with E-state index in [0.29, 0.717) is 17.2 Å². The van der Waals surface area contributed by atoms with Crippen molar-refractivity contribution in [3.8, 4) is 11.3 Å². The number of imidazole rings is 1. The SMILES string of the molecule is Cc1nc(-c2cccnc2C(C)C)c(C=O)n1CC(OC(N)=O)C(C)(C)C. The minimum absolute atomic E-state index is 0.187. The van der Waals surface area contributed by atoms with Crippen LogP contribution in [0.25, 0.3) is 11.3 Å². The van der Waals surface area contributed by atoms with Crippen LogP contribution in [0.3, 0.4) is 0 Å². The second kappa shape index (κ2) is 7.90. The number of hydrogen-bond acceptors (Lipinski definition) is 5. The third-order valence-electron chi connectivity index (χ3n) is 4.52. The molecule has 2 aromatic rings. The monoisotopic (exact) mass is 372 g/mol. The number of ether oxygens (including phenoxy) is 1. The van der Waals surface area contributed by atoms with Crippen LogP contribution in [-0.4, -0.2) is 33.0 Å². The number of rotatable bonds is 6. The lowest BCUT2D eigenvalue weighted by Gasteiger charge is -2.30. The molecule has 0 aliphatic heterocycles. The van der Waals surface area contributed by atoms with Crippen LogP contribution < -0.4 is 5.73 Å². The van der Waals surface area contributed by atoms with Crippen molar-refractivity contribution in [3.63, 3.8) is 0 Å². The number of aldehydes is 1. The predicted octanol–water partition coefficient (Wildman–Crippen LogP) is 3.70. The maximum atomic E-state index is 12.0. The molecule has 7 heteroatoms. The van der Waals surface area contributed by atoms with Crippen LogP contribution in [0.5, 0.6) is 0 Å². The van der Waals surface area contributed by atoms with E-state index >= 15 is 0 Å². The topological polar surface area (TPSA) is 100 Å². The molecule has 0 spiro atoms. The lowest BCUT2D eigenvalue weighted by Crippen LogP contribution is -2.37. The molecule has 0 radical (unpaired) electrons. The Labute approximate surface area is 160 Å². The van der Waals surface area contributed by atoms with E-state index in [2.05, 4.69) is 9.97 Å². The van der Waals surface area contributed by atoms with E-state index in [0.717, 1.165) is 17.5 Å². The Morgan fingerprint density at radius 2 is 2.04 bits per heavy atom. The molecular weight excluding hydrogens is 344 g/mol. The van der Waals surface area contributed by atoms with Crippen molar-refractivity contribution in [2.24, 2.45) is 11.1 Å². The molecule has 2 rings (SSSR count).